The standard InChI is InChI=1S/C29H29NO7/c1-17-20(27-21(31)10-11-22(32)28(27)30(17)2)16-37-24-13-18(9-12-23(24)33-3)7-8-19-14-25(34-4)29(36-6)26(15-19)35-5/h7-15H,16H2,1-6H3/b8-7-. The number of hydrogen-bond donors (Lipinski definition) is 0. The van der Waals surface area contributed by atoms with Crippen molar-refractivity contribution in [1.82, 2.24) is 4.57 Å². The van der Waals surface area contributed by atoms with Gasteiger partial charge in [-0.05, 0) is 54.5 Å². The van der Waals surface area contributed by atoms with Gasteiger partial charge in [-0.3, -0.25) is 9.59 Å². The molecule has 0 atom stereocenters. The van der Waals surface area contributed by atoms with Crippen LogP contribution in [0.3, 0.4) is 0 Å². The molecule has 37 heavy (non-hydrogen) atoms. The largest absolute Gasteiger partial charge is 0.493 e. The lowest BCUT2D eigenvalue weighted by atomic mass is 9.98. The molecule has 0 unspecified atom stereocenters. The van der Waals surface area contributed by atoms with Crippen LogP contribution in [0.5, 0.6) is 28.7 Å². The molecule has 0 bridgehead atoms. The smallest absolute Gasteiger partial charge is 0.203 e. The van der Waals surface area contributed by atoms with Crippen molar-refractivity contribution >= 4 is 23.7 Å². The van der Waals surface area contributed by atoms with Crippen molar-refractivity contribution in [2.24, 2.45) is 7.05 Å². The van der Waals surface area contributed by atoms with Crippen LogP contribution in [0, 0.1) is 6.92 Å². The first-order valence-corrected chi connectivity index (χ1v) is 11.6. The van der Waals surface area contributed by atoms with Crippen molar-refractivity contribution in [3.63, 3.8) is 0 Å². The number of benzene rings is 2. The summed E-state index contributed by atoms with van der Waals surface area (Å²) in [6.07, 6.45) is 6.46. The van der Waals surface area contributed by atoms with Gasteiger partial charge in [-0.1, -0.05) is 18.2 Å². The number of ketones is 2. The Hall–Kier alpha value is -4.46. The second kappa shape index (κ2) is 10.7. The summed E-state index contributed by atoms with van der Waals surface area (Å²) in [7, 11) is 8.05. The van der Waals surface area contributed by atoms with Gasteiger partial charge in [-0.25, -0.2) is 0 Å². The van der Waals surface area contributed by atoms with Gasteiger partial charge < -0.3 is 28.3 Å². The minimum Gasteiger partial charge on any atom is -0.493 e. The predicted molar refractivity (Wildman–Crippen MR) is 140 cm³/mol. The number of hydrogen-bond acceptors (Lipinski definition) is 7. The highest BCUT2D eigenvalue weighted by Gasteiger charge is 2.29. The molecule has 3 aromatic rings. The summed E-state index contributed by atoms with van der Waals surface area (Å²) in [6.45, 7) is 1.98. The lowest BCUT2D eigenvalue weighted by Crippen LogP contribution is -2.14. The maximum absolute atomic E-state index is 12.6. The Labute approximate surface area is 215 Å². The molecule has 0 N–H and O–H groups in total. The normalized spacial score (nSPS) is 12.6. The Kier molecular flexibility index (Phi) is 7.38. The number of nitrogens with zero attached hydrogens (tertiary/aromatic N) is 1. The number of allylic oxidation sites excluding steroid dienone is 2. The summed E-state index contributed by atoms with van der Waals surface area (Å²) in [5, 5.41) is 0. The molecular weight excluding hydrogens is 474 g/mol. The van der Waals surface area contributed by atoms with Gasteiger partial charge in [0, 0.05) is 18.3 Å². The van der Waals surface area contributed by atoms with Crippen LogP contribution in [0.25, 0.3) is 12.2 Å². The highest BCUT2D eigenvalue weighted by Crippen LogP contribution is 2.39. The number of carbonyl (C=O) groups excluding carboxylic acids is 2. The summed E-state index contributed by atoms with van der Waals surface area (Å²) in [6, 6.07) is 9.28. The van der Waals surface area contributed by atoms with E-state index in [1.165, 1.54) is 12.2 Å². The molecule has 0 radical (unpaired) electrons. The van der Waals surface area contributed by atoms with E-state index >= 15 is 0 Å². The van der Waals surface area contributed by atoms with Crippen LogP contribution in [-0.2, 0) is 13.7 Å². The molecule has 1 aliphatic rings. The van der Waals surface area contributed by atoms with Crippen LogP contribution in [0.1, 0.15) is 43.2 Å². The summed E-state index contributed by atoms with van der Waals surface area (Å²) in [4.78, 5) is 25.0. The third kappa shape index (κ3) is 4.82. The average Bonchev–Trinajstić information content (AvgIpc) is 3.18. The minimum atomic E-state index is -0.203. The zero-order valence-electron chi connectivity index (χ0n) is 21.7. The van der Waals surface area contributed by atoms with Crippen molar-refractivity contribution in [3.8, 4) is 28.7 Å². The molecule has 0 saturated carbocycles. The molecule has 0 aliphatic heterocycles. The predicted octanol–water partition coefficient (Wildman–Crippen LogP) is 5.05. The first-order valence-electron chi connectivity index (χ1n) is 11.6. The van der Waals surface area contributed by atoms with Gasteiger partial charge in [-0.15, -0.1) is 0 Å². The van der Waals surface area contributed by atoms with Crippen molar-refractivity contribution < 1.29 is 33.3 Å². The van der Waals surface area contributed by atoms with E-state index in [0.717, 1.165) is 16.8 Å². The van der Waals surface area contributed by atoms with Gasteiger partial charge in [-0.2, -0.15) is 0 Å². The quantitative estimate of drug-likeness (QED) is 0.378. The van der Waals surface area contributed by atoms with Gasteiger partial charge in [0.05, 0.1) is 34.0 Å². The summed E-state index contributed by atoms with van der Waals surface area (Å²) in [5.41, 5.74) is 3.98. The van der Waals surface area contributed by atoms with E-state index in [1.54, 1.807) is 40.1 Å². The van der Waals surface area contributed by atoms with E-state index in [9.17, 15) is 9.59 Å². The van der Waals surface area contributed by atoms with Crippen LogP contribution in [0.4, 0.5) is 0 Å². The lowest BCUT2D eigenvalue weighted by Gasteiger charge is -2.13. The molecule has 0 amide bonds. The molecule has 0 spiro atoms. The Morgan fingerprint density at radius 1 is 0.757 bits per heavy atom. The third-order valence-corrected chi connectivity index (χ3v) is 6.39. The molecule has 8 nitrogen and oxygen atoms in total. The molecule has 1 aromatic heterocycles. The maximum atomic E-state index is 12.6. The molecule has 0 saturated heterocycles. The molecular formula is C29H29NO7. The first kappa shape index (κ1) is 25.6. The monoisotopic (exact) mass is 503 g/mol. The SMILES string of the molecule is COc1ccc(/C=C\c2cc(OC)c(OC)c(OC)c2)cc1OCc1c2c(n(C)c1C)C(=O)C=CC2=O. The zero-order valence-corrected chi connectivity index (χ0v) is 21.7. The van der Waals surface area contributed by atoms with E-state index in [0.29, 0.717) is 45.6 Å². The van der Waals surface area contributed by atoms with E-state index in [-0.39, 0.29) is 18.2 Å². The van der Waals surface area contributed by atoms with Crippen LogP contribution in [-0.4, -0.2) is 44.6 Å². The number of aromatic nitrogens is 1. The zero-order chi connectivity index (χ0) is 26.7. The summed E-state index contributed by atoms with van der Waals surface area (Å²) in [5.74, 6) is 2.31. The molecule has 4 rings (SSSR count). The van der Waals surface area contributed by atoms with Gasteiger partial charge in [0.1, 0.15) is 12.3 Å². The number of rotatable bonds is 9. The number of ether oxygens (including phenoxy) is 5. The summed E-state index contributed by atoms with van der Waals surface area (Å²) >= 11 is 0. The van der Waals surface area contributed by atoms with Crippen molar-refractivity contribution in [2.45, 2.75) is 13.5 Å². The number of fused-ring (bicyclic) bond motifs is 1. The van der Waals surface area contributed by atoms with Crippen molar-refractivity contribution in [3.05, 3.63) is 76.1 Å². The maximum Gasteiger partial charge on any atom is 0.203 e. The number of carbonyl (C=O) groups is 2. The molecule has 192 valence electrons. The minimum absolute atomic E-state index is 0.109. The highest BCUT2D eigenvalue weighted by atomic mass is 16.5. The average molecular weight is 504 g/mol. The van der Waals surface area contributed by atoms with Crippen molar-refractivity contribution in [2.75, 3.05) is 28.4 Å². The third-order valence-electron chi connectivity index (χ3n) is 6.39. The van der Waals surface area contributed by atoms with Gasteiger partial charge in [0.25, 0.3) is 0 Å². The summed E-state index contributed by atoms with van der Waals surface area (Å²) < 4.78 is 29.6. The fourth-order valence-corrected chi connectivity index (χ4v) is 4.36. The van der Waals surface area contributed by atoms with Crippen LogP contribution >= 0.6 is 0 Å². The van der Waals surface area contributed by atoms with Gasteiger partial charge in [0.15, 0.2) is 28.8 Å². The Morgan fingerprint density at radius 2 is 1.35 bits per heavy atom. The second-order valence-corrected chi connectivity index (χ2v) is 8.40. The lowest BCUT2D eigenvalue weighted by molar-refractivity contribution is 0.0988. The number of methoxy groups -OCH3 is 4. The Bertz CT molecular complexity index is 1400. The first-order chi connectivity index (χ1) is 17.8. The molecule has 8 heteroatoms. The Balaban J connectivity index is 1.62. The fourth-order valence-electron chi connectivity index (χ4n) is 4.36. The molecule has 1 aliphatic carbocycles. The van der Waals surface area contributed by atoms with E-state index in [2.05, 4.69) is 0 Å². The Morgan fingerprint density at radius 3 is 1.97 bits per heavy atom. The van der Waals surface area contributed by atoms with E-state index in [4.69, 9.17) is 23.7 Å². The highest BCUT2D eigenvalue weighted by molar-refractivity contribution is 6.22. The van der Waals surface area contributed by atoms with Crippen LogP contribution in [0.2, 0.25) is 0 Å². The van der Waals surface area contributed by atoms with Crippen LogP contribution < -0.4 is 23.7 Å². The van der Waals surface area contributed by atoms with Crippen molar-refractivity contribution in [1.29, 1.82) is 0 Å². The second-order valence-electron chi connectivity index (χ2n) is 8.40. The fraction of sp³-hybridized carbons (Fsp3) is 0.241. The van der Waals surface area contributed by atoms with Gasteiger partial charge in [0.2, 0.25) is 11.5 Å². The van der Waals surface area contributed by atoms with Gasteiger partial charge >= 0.3 is 0 Å². The van der Waals surface area contributed by atoms with Crippen LogP contribution in [0.15, 0.2) is 42.5 Å². The molecule has 1 heterocycles. The molecule has 2 aromatic carbocycles. The van der Waals surface area contributed by atoms with E-state index in [1.807, 2.05) is 49.4 Å². The topological polar surface area (TPSA) is 85.2 Å². The molecule has 0 fully saturated rings. The van der Waals surface area contributed by atoms with E-state index < -0.39 is 0 Å².